The SMILES string of the molecule is Cc1ccc(F)cc1N1CCCC(CCN(C=O)C2CCCCCC2)C1. The number of hydrogen-bond acceptors (Lipinski definition) is 2. The molecular formula is C22H33FN2O. The van der Waals surface area contributed by atoms with Crippen LogP contribution >= 0.6 is 0 Å². The number of halogens is 1. The first kappa shape index (κ1) is 19.2. The van der Waals surface area contributed by atoms with E-state index in [0.29, 0.717) is 12.0 Å². The van der Waals surface area contributed by atoms with E-state index in [0.717, 1.165) is 63.0 Å². The smallest absolute Gasteiger partial charge is 0.209 e. The summed E-state index contributed by atoms with van der Waals surface area (Å²) in [6.45, 7) is 4.90. The van der Waals surface area contributed by atoms with Gasteiger partial charge in [0, 0.05) is 31.4 Å². The van der Waals surface area contributed by atoms with Crippen molar-refractivity contribution in [2.75, 3.05) is 24.5 Å². The molecule has 3 nitrogen and oxygen atoms in total. The standard InChI is InChI=1S/C22H33FN2O/c1-18-10-11-20(23)15-22(18)24-13-6-7-19(16-24)12-14-25(17-26)21-8-4-2-3-5-9-21/h10-11,15,17,19,21H,2-9,12-14,16H2,1H3. The number of anilines is 1. The average molecular weight is 361 g/mol. The Bertz CT molecular complexity index is 584. The number of nitrogens with zero attached hydrogens (tertiary/aromatic N) is 2. The van der Waals surface area contributed by atoms with Crippen molar-refractivity contribution in [2.24, 2.45) is 5.92 Å². The lowest BCUT2D eigenvalue weighted by Crippen LogP contribution is -2.39. The maximum Gasteiger partial charge on any atom is 0.209 e. The van der Waals surface area contributed by atoms with E-state index < -0.39 is 0 Å². The molecule has 0 bridgehead atoms. The van der Waals surface area contributed by atoms with Crippen LogP contribution in [0, 0.1) is 18.7 Å². The van der Waals surface area contributed by atoms with Gasteiger partial charge in [-0.25, -0.2) is 4.39 Å². The fourth-order valence-electron chi connectivity index (χ4n) is 4.69. The molecule has 1 amide bonds. The largest absolute Gasteiger partial charge is 0.371 e. The van der Waals surface area contributed by atoms with Gasteiger partial charge in [-0.05, 0) is 62.6 Å². The van der Waals surface area contributed by atoms with Crippen LogP contribution < -0.4 is 4.90 Å². The number of amides is 1. The zero-order chi connectivity index (χ0) is 18.4. The molecule has 0 aromatic heterocycles. The minimum absolute atomic E-state index is 0.159. The predicted molar refractivity (Wildman–Crippen MR) is 105 cm³/mol. The third-order valence-corrected chi connectivity index (χ3v) is 6.26. The van der Waals surface area contributed by atoms with E-state index >= 15 is 0 Å². The molecule has 2 fully saturated rings. The van der Waals surface area contributed by atoms with Crippen LogP contribution in [-0.2, 0) is 4.79 Å². The summed E-state index contributed by atoms with van der Waals surface area (Å²) in [4.78, 5) is 16.0. The van der Waals surface area contributed by atoms with E-state index in [9.17, 15) is 9.18 Å². The summed E-state index contributed by atoms with van der Waals surface area (Å²) in [5.74, 6) is 0.424. The van der Waals surface area contributed by atoms with Crippen LogP contribution in [-0.4, -0.2) is 37.0 Å². The van der Waals surface area contributed by atoms with Crippen LogP contribution in [0.1, 0.15) is 63.4 Å². The Balaban J connectivity index is 1.55. The molecule has 144 valence electrons. The van der Waals surface area contributed by atoms with Gasteiger partial charge in [0.15, 0.2) is 0 Å². The maximum absolute atomic E-state index is 13.7. The molecule has 1 saturated carbocycles. The lowest BCUT2D eigenvalue weighted by Gasteiger charge is -2.36. The van der Waals surface area contributed by atoms with Gasteiger partial charge in [0.25, 0.3) is 0 Å². The van der Waals surface area contributed by atoms with Crippen molar-refractivity contribution in [3.8, 4) is 0 Å². The second kappa shape index (κ2) is 9.38. The van der Waals surface area contributed by atoms with Crippen LogP contribution in [0.2, 0.25) is 0 Å². The molecule has 1 aromatic rings. The molecule has 0 spiro atoms. The molecule has 1 saturated heterocycles. The minimum Gasteiger partial charge on any atom is -0.371 e. The van der Waals surface area contributed by atoms with E-state index in [4.69, 9.17) is 0 Å². The van der Waals surface area contributed by atoms with Crippen LogP contribution in [0.25, 0.3) is 0 Å². The summed E-state index contributed by atoms with van der Waals surface area (Å²) in [6, 6.07) is 5.52. The van der Waals surface area contributed by atoms with Crippen LogP contribution in [0.15, 0.2) is 18.2 Å². The molecule has 1 aliphatic carbocycles. The lowest BCUT2D eigenvalue weighted by atomic mass is 9.93. The second-order valence-corrected chi connectivity index (χ2v) is 8.16. The predicted octanol–water partition coefficient (Wildman–Crippen LogP) is 4.92. The number of benzene rings is 1. The first-order valence-corrected chi connectivity index (χ1v) is 10.4. The van der Waals surface area contributed by atoms with Crippen molar-refractivity contribution in [1.29, 1.82) is 0 Å². The summed E-state index contributed by atoms with van der Waals surface area (Å²) in [5, 5.41) is 0. The average Bonchev–Trinajstić information content (AvgIpc) is 2.94. The van der Waals surface area contributed by atoms with Crippen molar-refractivity contribution in [3.05, 3.63) is 29.6 Å². The highest BCUT2D eigenvalue weighted by atomic mass is 19.1. The van der Waals surface area contributed by atoms with Gasteiger partial charge in [0.1, 0.15) is 5.82 Å². The number of aryl methyl sites for hydroxylation is 1. The highest BCUT2D eigenvalue weighted by Crippen LogP contribution is 2.29. The Morgan fingerprint density at radius 3 is 2.65 bits per heavy atom. The first-order valence-electron chi connectivity index (χ1n) is 10.4. The Labute approximate surface area is 157 Å². The number of hydrogen-bond donors (Lipinski definition) is 0. The quantitative estimate of drug-likeness (QED) is 0.531. The van der Waals surface area contributed by atoms with Crippen molar-refractivity contribution in [1.82, 2.24) is 4.90 Å². The maximum atomic E-state index is 13.7. The fourth-order valence-corrected chi connectivity index (χ4v) is 4.69. The van der Waals surface area contributed by atoms with E-state index in [2.05, 4.69) is 16.7 Å². The molecule has 1 unspecified atom stereocenters. The monoisotopic (exact) mass is 360 g/mol. The molecule has 0 N–H and O–H groups in total. The molecule has 1 heterocycles. The lowest BCUT2D eigenvalue weighted by molar-refractivity contribution is -0.120. The Kier molecular flexibility index (Phi) is 6.93. The number of piperidine rings is 1. The summed E-state index contributed by atoms with van der Waals surface area (Å²) < 4.78 is 13.7. The summed E-state index contributed by atoms with van der Waals surface area (Å²) in [5.41, 5.74) is 2.17. The Morgan fingerprint density at radius 2 is 1.92 bits per heavy atom. The topological polar surface area (TPSA) is 23.6 Å². The van der Waals surface area contributed by atoms with Crippen LogP contribution in [0.5, 0.6) is 0 Å². The van der Waals surface area contributed by atoms with Gasteiger partial charge in [-0.1, -0.05) is 31.7 Å². The fraction of sp³-hybridized carbons (Fsp3) is 0.682. The number of carbonyl (C=O) groups excluding carboxylic acids is 1. The molecule has 1 aliphatic heterocycles. The third-order valence-electron chi connectivity index (χ3n) is 6.26. The third kappa shape index (κ3) is 4.99. The summed E-state index contributed by atoms with van der Waals surface area (Å²) >= 11 is 0. The van der Waals surface area contributed by atoms with Gasteiger partial charge in [-0.2, -0.15) is 0 Å². The van der Waals surface area contributed by atoms with Crippen LogP contribution in [0.4, 0.5) is 10.1 Å². The van der Waals surface area contributed by atoms with Gasteiger partial charge in [-0.3, -0.25) is 4.79 Å². The zero-order valence-corrected chi connectivity index (χ0v) is 16.1. The van der Waals surface area contributed by atoms with E-state index in [-0.39, 0.29) is 5.82 Å². The minimum atomic E-state index is -0.159. The van der Waals surface area contributed by atoms with Gasteiger partial charge in [-0.15, -0.1) is 0 Å². The Morgan fingerprint density at radius 1 is 1.15 bits per heavy atom. The van der Waals surface area contributed by atoms with Gasteiger partial charge in [0.2, 0.25) is 6.41 Å². The highest BCUT2D eigenvalue weighted by Gasteiger charge is 2.24. The van der Waals surface area contributed by atoms with Crippen LogP contribution in [0.3, 0.4) is 0 Å². The van der Waals surface area contributed by atoms with Crippen molar-refractivity contribution in [3.63, 3.8) is 0 Å². The number of rotatable bonds is 6. The molecule has 1 atom stereocenters. The van der Waals surface area contributed by atoms with Gasteiger partial charge >= 0.3 is 0 Å². The van der Waals surface area contributed by atoms with Crippen molar-refractivity contribution < 1.29 is 9.18 Å². The molecular weight excluding hydrogens is 327 g/mol. The van der Waals surface area contributed by atoms with Crippen molar-refractivity contribution in [2.45, 2.75) is 70.8 Å². The van der Waals surface area contributed by atoms with E-state index in [1.807, 2.05) is 6.07 Å². The number of carbonyl (C=O) groups is 1. The van der Waals surface area contributed by atoms with Gasteiger partial charge in [0.05, 0.1) is 0 Å². The molecule has 4 heteroatoms. The summed E-state index contributed by atoms with van der Waals surface area (Å²) in [6.07, 6.45) is 12.0. The Hall–Kier alpha value is -1.58. The summed E-state index contributed by atoms with van der Waals surface area (Å²) in [7, 11) is 0. The van der Waals surface area contributed by atoms with E-state index in [1.165, 1.54) is 38.2 Å². The second-order valence-electron chi connectivity index (χ2n) is 8.16. The van der Waals surface area contributed by atoms with Gasteiger partial charge < -0.3 is 9.80 Å². The zero-order valence-electron chi connectivity index (χ0n) is 16.1. The van der Waals surface area contributed by atoms with Crippen molar-refractivity contribution >= 4 is 12.1 Å². The molecule has 1 aromatic carbocycles. The normalized spacial score (nSPS) is 22.1. The molecule has 2 aliphatic rings. The first-order chi connectivity index (χ1) is 12.7. The van der Waals surface area contributed by atoms with E-state index in [1.54, 1.807) is 6.07 Å². The molecule has 3 rings (SSSR count). The molecule has 26 heavy (non-hydrogen) atoms. The molecule has 0 radical (unpaired) electrons. The highest BCUT2D eigenvalue weighted by molar-refractivity contribution is 5.53.